The fourth-order valence-electron chi connectivity index (χ4n) is 1.95. The molecule has 1 unspecified atom stereocenters. The summed E-state index contributed by atoms with van der Waals surface area (Å²) in [5.41, 5.74) is 0. The minimum atomic E-state index is 0.486. The number of aromatic nitrogens is 2. The Balaban J connectivity index is 2.00. The van der Waals surface area contributed by atoms with Crippen LogP contribution in [0.1, 0.15) is 26.7 Å². The van der Waals surface area contributed by atoms with Crippen LogP contribution in [0.5, 0.6) is 0 Å². The lowest BCUT2D eigenvalue weighted by molar-refractivity contribution is 0.552. The van der Waals surface area contributed by atoms with Crippen molar-refractivity contribution in [1.82, 2.24) is 14.7 Å². The highest BCUT2D eigenvalue weighted by Crippen LogP contribution is 2.19. The molecule has 84 valence electrons. The van der Waals surface area contributed by atoms with Crippen LogP contribution < -0.4 is 10.2 Å². The minimum Gasteiger partial charge on any atom is -0.343 e. The lowest BCUT2D eigenvalue weighted by Crippen LogP contribution is -2.41. The normalized spacial score (nSPS) is 21.1. The summed E-state index contributed by atoms with van der Waals surface area (Å²) in [6.45, 7) is 6.62. The van der Waals surface area contributed by atoms with Gasteiger partial charge in [-0.05, 0) is 33.2 Å². The SMILES string of the molecule is CC(C)N(CC1CCCN1)c1ncns1. The van der Waals surface area contributed by atoms with Crippen molar-refractivity contribution in [2.24, 2.45) is 0 Å². The van der Waals surface area contributed by atoms with Gasteiger partial charge in [0.25, 0.3) is 0 Å². The maximum atomic E-state index is 4.29. The lowest BCUT2D eigenvalue weighted by Gasteiger charge is -2.28. The minimum absolute atomic E-state index is 0.486. The second kappa shape index (κ2) is 4.90. The highest BCUT2D eigenvalue weighted by molar-refractivity contribution is 7.09. The molecule has 1 fully saturated rings. The fourth-order valence-corrected chi connectivity index (χ4v) is 2.63. The lowest BCUT2D eigenvalue weighted by atomic mass is 10.2. The first-order chi connectivity index (χ1) is 7.27. The smallest absolute Gasteiger partial charge is 0.205 e. The number of nitrogens with zero attached hydrogens (tertiary/aromatic N) is 3. The number of hydrogen-bond acceptors (Lipinski definition) is 5. The average Bonchev–Trinajstić information content (AvgIpc) is 2.87. The second-order valence-electron chi connectivity index (χ2n) is 4.26. The zero-order chi connectivity index (χ0) is 10.7. The quantitative estimate of drug-likeness (QED) is 0.845. The first-order valence-corrected chi connectivity index (χ1v) is 6.31. The molecule has 4 nitrogen and oxygen atoms in total. The van der Waals surface area contributed by atoms with Gasteiger partial charge in [-0.1, -0.05) is 0 Å². The number of hydrogen-bond donors (Lipinski definition) is 1. The highest BCUT2D eigenvalue weighted by atomic mass is 32.1. The third-order valence-corrected chi connectivity index (χ3v) is 3.50. The third kappa shape index (κ3) is 2.66. The van der Waals surface area contributed by atoms with Gasteiger partial charge in [-0.3, -0.25) is 0 Å². The monoisotopic (exact) mass is 226 g/mol. The van der Waals surface area contributed by atoms with Crippen molar-refractivity contribution in [3.05, 3.63) is 6.33 Å². The van der Waals surface area contributed by atoms with E-state index in [0.717, 1.165) is 18.2 Å². The molecule has 1 atom stereocenters. The van der Waals surface area contributed by atoms with Gasteiger partial charge >= 0.3 is 0 Å². The Morgan fingerprint density at radius 3 is 3.07 bits per heavy atom. The summed E-state index contributed by atoms with van der Waals surface area (Å²) in [5, 5.41) is 4.56. The second-order valence-corrected chi connectivity index (χ2v) is 5.02. The highest BCUT2D eigenvalue weighted by Gasteiger charge is 2.21. The third-order valence-electron chi connectivity index (χ3n) is 2.80. The molecule has 0 amide bonds. The molecule has 1 aromatic rings. The average molecular weight is 226 g/mol. The molecule has 1 aromatic heterocycles. The molecule has 0 aliphatic carbocycles. The van der Waals surface area contributed by atoms with Crippen molar-refractivity contribution in [2.75, 3.05) is 18.0 Å². The van der Waals surface area contributed by atoms with Crippen LogP contribution in [-0.2, 0) is 0 Å². The first kappa shape index (κ1) is 10.8. The van der Waals surface area contributed by atoms with E-state index in [2.05, 4.69) is 33.4 Å². The molecule has 15 heavy (non-hydrogen) atoms. The molecule has 0 radical (unpaired) electrons. The molecule has 1 aliphatic rings. The van der Waals surface area contributed by atoms with Crippen molar-refractivity contribution in [3.63, 3.8) is 0 Å². The molecule has 0 bridgehead atoms. The molecule has 0 saturated carbocycles. The summed E-state index contributed by atoms with van der Waals surface area (Å²) in [7, 11) is 0. The summed E-state index contributed by atoms with van der Waals surface area (Å²) in [6, 6.07) is 1.11. The predicted molar refractivity (Wildman–Crippen MR) is 63.4 cm³/mol. The summed E-state index contributed by atoms with van der Waals surface area (Å²) in [6.07, 6.45) is 4.21. The zero-order valence-corrected chi connectivity index (χ0v) is 10.1. The van der Waals surface area contributed by atoms with Crippen LogP contribution in [-0.4, -0.2) is 34.5 Å². The van der Waals surface area contributed by atoms with Crippen LogP contribution in [0.3, 0.4) is 0 Å². The van der Waals surface area contributed by atoms with Crippen molar-refractivity contribution in [1.29, 1.82) is 0 Å². The number of rotatable bonds is 4. The van der Waals surface area contributed by atoms with Gasteiger partial charge in [-0.15, -0.1) is 0 Å². The van der Waals surface area contributed by atoms with E-state index in [4.69, 9.17) is 0 Å². The maximum absolute atomic E-state index is 4.29. The number of anilines is 1. The van der Waals surface area contributed by atoms with E-state index in [0.29, 0.717) is 12.1 Å². The molecule has 0 spiro atoms. The van der Waals surface area contributed by atoms with Gasteiger partial charge in [0.1, 0.15) is 6.33 Å². The zero-order valence-electron chi connectivity index (χ0n) is 9.31. The molecule has 2 heterocycles. The topological polar surface area (TPSA) is 41.0 Å². The standard InChI is InChI=1S/C10H18N4S/c1-8(2)14(10-12-7-13-15-10)6-9-4-3-5-11-9/h7-9,11H,3-6H2,1-2H3. The Labute approximate surface area is 94.9 Å². The fraction of sp³-hybridized carbons (Fsp3) is 0.800. The van der Waals surface area contributed by atoms with E-state index in [9.17, 15) is 0 Å². The van der Waals surface area contributed by atoms with E-state index in [1.54, 1.807) is 6.33 Å². The summed E-state index contributed by atoms with van der Waals surface area (Å²) in [4.78, 5) is 6.62. The van der Waals surface area contributed by atoms with Gasteiger partial charge in [-0.25, -0.2) is 4.98 Å². The Morgan fingerprint density at radius 2 is 2.53 bits per heavy atom. The van der Waals surface area contributed by atoms with Crippen molar-refractivity contribution in [3.8, 4) is 0 Å². The van der Waals surface area contributed by atoms with Crippen LogP contribution in [0.15, 0.2) is 6.33 Å². The maximum Gasteiger partial charge on any atom is 0.205 e. The summed E-state index contributed by atoms with van der Waals surface area (Å²) >= 11 is 1.48. The van der Waals surface area contributed by atoms with Crippen LogP contribution >= 0.6 is 11.5 Å². The van der Waals surface area contributed by atoms with E-state index in [1.807, 2.05) is 0 Å². The number of nitrogens with one attached hydrogen (secondary N) is 1. The van der Waals surface area contributed by atoms with E-state index in [1.165, 1.54) is 24.4 Å². The first-order valence-electron chi connectivity index (χ1n) is 5.54. The Hall–Kier alpha value is -0.680. The molecular formula is C10H18N4S. The molecular weight excluding hydrogens is 208 g/mol. The molecule has 1 aliphatic heterocycles. The largest absolute Gasteiger partial charge is 0.343 e. The van der Waals surface area contributed by atoms with Gasteiger partial charge in [0.05, 0.1) is 0 Å². The van der Waals surface area contributed by atoms with Gasteiger partial charge in [0, 0.05) is 30.2 Å². The predicted octanol–water partition coefficient (Wildman–Crippen LogP) is 1.50. The van der Waals surface area contributed by atoms with Gasteiger partial charge in [0.2, 0.25) is 5.13 Å². The Bertz CT molecular complexity index is 280. The van der Waals surface area contributed by atoms with E-state index in [-0.39, 0.29) is 0 Å². The van der Waals surface area contributed by atoms with E-state index >= 15 is 0 Å². The molecule has 1 N–H and O–H groups in total. The molecule has 0 aromatic carbocycles. The van der Waals surface area contributed by atoms with Crippen LogP contribution in [0.25, 0.3) is 0 Å². The Kier molecular flexibility index (Phi) is 3.53. The van der Waals surface area contributed by atoms with Gasteiger partial charge in [0.15, 0.2) is 0 Å². The molecule has 2 rings (SSSR count). The van der Waals surface area contributed by atoms with E-state index < -0.39 is 0 Å². The van der Waals surface area contributed by atoms with Crippen molar-refractivity contribution >= 4 is 16.7 Å². The summed E-state index contributed by atoms with van der Waals surface area (Å²) in [5.74, 6) is 0. The molecule has 1 saturated heterocycles. The van der Waals surface area contributed by atoms with Crippen LogP contribution in [0, 0.1) is 0 Å². The van der Waals surface area contributed by atoms with Crippen molar-refractivity contribution < 1.29 is 0 Å². The Morgan fingerprint density at radius 1 is 1.67 bits per heavy atom. The van der Waals surface area contributed by atoms with Gasteiger partial charge in [-0.2, -0.15) is 4.37 Å². The summed E-state index contributed by atoms with van der Waals surface area (Å²) < 4.78 is 4.07. The molecule has 5 heteroatoms. The van der Waals surface area contributed by atoms with Crippen molar-refractivity contribution in [2.45, 2.75) is 38.8 Å². The van der Waals surface area contributed by atoms with Crippen LogP contribution in [0.4, 0.5) is 5.13 Å². The van der Waals surface area contributed by atoms with Gasteiger partial charge < -0.3 is 10.2 Å². The van der Waals surface area contributed by atoms with Crippen LogP contribution in [0.2, 0.25) is 0 Å².